The fourth-order valence-corrected chi connectivity index (χ4v) is 6.29. The monoisotopic (exact) mass is 550 g/mol. The molecule has 0 bridgehead atoms. The van der Waals surface area contributed by atoms with E-state index in [0.29, 0.717) is 16.9 Å². The molecule has 0 radical (unpaired) electrons. The van der Waals surface area contributed by atoms with E-state index in [9.17, 15) is 24.2 Å². The van der Waals surface area contributed by atoms with Crippen molar-refractivity contribution < 1.29 is 47.6 Å². The molecule has 2 aromatic carbocycles. The molecule has 0 amide bonds. The van der Waals surface area contributed by atoms with Gasteiger partial charge < -0.3 is 39.5 Å². The highest BCUT2D eigenvalue weighted by Gasteiger charge is 2.46. The second kappa shape index (κ2) is 8.65. The molecule has 2 aliphatic heterocycles. The van der Waals surface area contributed by atoms with Gasteiger partial charge >= 0.3 is 15.6 Å². The molecule has 4 heterocycles. The van der Waals surface area contributed by atoms with Crippen molar-refractivity contribution in [3.05, 3.63) is 48.9 Å². The molecule has 0 spiro atoms. The summed E-state index contributed by atoms with van der Waals surface area (Å²) in [7, 11) is -10.5. The van der Waals surface area contributed by atoms with Crippen molar-refractivity contribution in [3.8, 4) is 11.1 Å². The van der Waals surface area contributed by atoms with Gasteiger partial charge in [-0.25, -0.2) is 19.1 Å². The fraction of sp³-hybridized carbons (Fsp3) is 0.238. The van der Waals surface area contributed by atoms with E-state index in [1.54, 1.807) is 6.20 Å². The van der Waals surface area contributed by atoms with Gasteiger partial charge in [-0.15, -0.1) is 0 Å². The Morgan fingerprint density at radius 1 is 1.03 bits per heavy atom. The molecular weight excluding hydrogens is 530 g/mol. The van der Waals surface area contributed by atoms with E-state index in [2.05, 4.69) is 24.1 Å². The first kappa shape index (κ1) is 24.6. The smallest absolute Gasteiger partial charge is 0.387 e. The van der Waals surface area contributed by atoms with Crippen molar-refractivity contribution in [2.75, 3.05) is 11.9 Å². The largest absolute Gasteiger partial charge is 0.481 e. The van der Waals surface area contributed by atoms with Crippen LogP contribution in [0.2, 0.25) is 0 Å². The topological polar surface area (TPSA) is 206 Å². The number of phosphoric acid groups is 2. The normalized spacial score (nSPS) is 24.7. The van der Waals surface area contributed by atoms with Crippen LogP contribution in [0.15, 0.2) is 48.9 Å². The second-order valence-electron chi connectivity index (χ2n) is 8.62. The standard InChI is InChI=1S/C21H20N4O10P2/c26-17-15(8-33-37(31,32)35-36(28,29)30)34-21(18(17)27)25-7-13-12-5-10-3-1-2-4-11(10)6-14(12)24-19-16(13)20(25)23-9-22-19/h1-7,9,15,17-18,21,26-27H,8H2,(H,31,32)(H,22,23,24)(H2,28,29,30)/t15-,17?,18?,21-/m1/s1. The predicted molar refractivity (Wildman–Crippen MR) is 129 cm³/mol. The molecular formula is C21H20N4O10P2. The number of aliphatic hydroxyl groups is 2. The van der Waals surface area contributed by atoms with Crippen LogP contribution in [0.5, 0.6) is 0 Å². The summed E-state index contributed by atoms with van der Waals surface area (Å²) in [4.78, 5) is 35.7. The molecule has 14 nitrogen and oxygen atoms in total. The first-order chi connectivity index (χ1) is 17.5. The molecule has 5 atom stereocenters. The molecule has 6 N–H and O–H groups in total. The summed E-state index contributed by atoms with van der Waals surface area (Å²) in [5.74, 6) is 0.547. The lowest BCUT2D eigenvalue weighted by Crippen LogP contribution is -2.33. The number of nitrogens with zero attached hydrogens (tertiary/aromatic N) is 3. The van der Waals surface area contributed by atoms with Crippen molar-refractivity contribution in [1.82, 2.24) is 14.5 Å². The third kappa shape index (κ3) is 4.37. The van der Waals surface area contributed by atoms with Gasteiger partial charge in [-0.1, -0.05) is 24.3 Å². The SMILES string of the molecule is O=P(O)(O)OP(=O)(O)OC[C@H]1O[C@@H](n2cc3c4c(ncnc42)Nc2cc4ccccc4cc2-3)C(O)C1O. The summed E-state index contributed by atoms with van der Waals surface area (Å²) < 4.78 is 38.3. The number of phosphoric ester groups is 1. The lowest BCUT2D eigenvalue weighted by molar-refractivity contribution is -0.0500. The van der Waals surface area contributed by atoms with Gasteiger partial charge in [-0.05, 0) is 22.9 Å². The summed E-state index contributed by atoms with van der Waals surface area (Å²) in [5, 5.41) is 27.3. The number of aliphatic hydroxyl groups excluding tert-OH is 2. The second-order valence-corrected chi connectivity index (χ2v) is 11.5. The van der Waals surface area contributed by atoms with E-state index in [1.165, 1.54) is 10.9 Å². The lowest BCUT2D eigenvalue weighted by atomic mass is 9.97. The number of hydrogen-bond acceptors (Lipinski definition) is 10. The quantitative estimate of drug-likeness (QED) is 0.168. The van der Waals surface area contributed by atoms with Crippen molar-refractivity contribution in [1.29, 1.82) is 0 Å². The fourth-order valence-electron chi connectivity index (χ4n) is 4.69. The van der Waals surface area contributed by atoms with Gasteiger partial charge in [-0.2, -0.15) is 4.31 Å². The van der Waals surface area contributed by atoms with Gasteiger partial charge in [0, 0.05) is 23.0 Å². The minimum Gasteiger partial charge on any atom is -0.387 e. The molecule has 194 valence electrons. The van der Waals surface area contributed by atoms with Crippen LogP contribution in [0.4, 0.5) is 11.5 Å². The van der Waals surface area contributed by atoms with E-state index in [1.807, 2.05) is 36.4 Å². The van der Waals surface area contributed by atoms with Crippen molar-refractivity contribution in [2.45, 2.75) is 24.5 Å². The van der Waals surface area contributed by atoms with Gasteiger partial charge in [0.25, 0.3) is 0 Å². The van der Waals surface area contributed by atoms with Crippen LogP contribution in [-0.4, -0.2) is 64.3 Å². The molecule has 1 fully saturated rings. The molecule has 0 saturated carbocycles. The van der Waals surface area contributed by atoms with E-state index in [-0.39, 0.29) is 0 Å². The number of anilines is 2. The van der Waals surface area contributed by atoms with E-state index in [4.69, 9.17) is 14.5 Å². The predicted octanol–water partition coefficient (Wildman–Crippen LogP) is 2.15. The number of ether oxygens (including phenoxy) is 1. The zero-order chi connectivity index (χ0) is 26.1. The van der Waals surface area contributed by atoms with Crippen LogP contribution in [0.3, 0.4) is 0 Å². The van der Waals surface area contributed by atoms with Crippen LogP contribution in [0, 0.1) is 0 Å². The van der Waals surface area contributed by atoms with Gasteiger partial charge in [0.2, 0.25) is 0 Å². The van der Waals surface area contributed by atoms with E-state index in [0.717, 1.165) is 27.6 Å². The number of hydrogen-bond donors (Lipinski definition) is 6. The zero-order valence-corrected chi connectivity index (χ0v) is 20.4. The van der Waals surface area contributed by atoms with Crippen LogP contribution in [-0.2, 0) is 22.7 Å². The highest BCUT2D eigenvalue weighted by molar-refractivity contribution is 7.60. The molecule has 4 aromatic rings. The van der Waals surface area contributed by atoms with Crippen LogP contribution in [0.1, 0.15) is 6.23 Å². The van der Waals surface area contributed by atoms with Crippen molar-refractivity contribution in [3.63, 3.8) is 0 Å². The molecule has 2 aromatic heterocycles. The Labute approximate surface area is 207 Å². The van der Waals surface area contributed by atoms with Crippen LogP contribution >= 0.6 is 15.6 Å². The maximum absolute atomic E-state index is 11.8. The first-order valence-corrected chi connectivity index (χ1v) is 13.9. The van der Waals surface area contributed by atoms with Crippen molar-refractivity contribution >= 4 is 49.0 Å². The van der Waals surface area contributed by atoms with Gasteiger partial charge in [0.1, 0.15) is 36.1 Å². The Morgan fingerprint density at radius 2 is 1.76 bits per heavy atom. The number of fused-ring (bicyclic) bond motifs is 3. The zero-order valence-electron chi connectivity index (χ0n) is 18.6. The summed E-state index contributed by atoms with van der Waals surface area (Å²) in [5.41, 5.74) is 2.87. The number of benzene rings is 2. The Balaban J connectivity index is 1.35. The summed E-state index contributed by atoms with van der Waals surface area (Å²) in [6.45, 7) is -0.800. The van der Waals surface area contributed by atoms with Gasteiger partial charge in [-0.3, -0.25) is 4.52 Å². The molecule has 6 rings (SSSR count). The third-order valence-electron chi connectivity index (χ3n) is 6.26. The molecule has 3 unspecified atom stereocenters. The summed E-state index contributed by atoms with van der Waals surface area (Å²) in [6, 6.07) is 11.9. The third-order valence-corrected chi connectivity index (χ3v) is 8.41. The minimum atomic E-state index is -5.32. The molecule has 2 aliphatic rings. The number of nitrogens with one attached hydrogen (secondary N) is 1. The Morgan fingerprint density at radius 3 is 2.49 bits per heavy atom. The Hall–Kier alpha value is -2.74. The highest BCUT2D eigenvalue weighted by atomic mass is 31.3. The van der Waals surface area contributed by atoms with Gasteiger partial charge in [0.05, 0.1) is 12.0 Å². The maximum Gasteiger partial charge on any atom is 0.481 e. The van der Waals surface area contributed by atoms with Crippen molar-refractivity contribution in [2.24, 2.45) is 0 Å². The van der Waals surface area contributed by atoms with Gasteiger partial charge in [0.15, 0.2) is 6.23 Å². The van der Waals surface area contributed by atoms with Crippen LogP contribution in [0.25, 0.3) is 32.9 Å². The molecule has 16 heteroatoms. The first-order valence-electron chi connectivity index (χ1n) is 10.9. The van der Waals surface area contributed by atoms with E-state index < -0.39 is 46.8 Å². The van der Waals surface area contributed by atoms with E-state index >= 15 is 0 Å². The van der Waals surface area contributed by atoms with Crippen LogP contribution < -0.4 is 5.32 Å². The summed E-state index contributed by atoms with van der Waals surface area (Å²) >= 11 is 0. The molecule has 37 heavy (non-hydrogen) atoms. The summed E-state index contributed by atoms with van der Waals surface area (Å²) in [6.07, 6.45) is -2.51. The Bertz CT molecular complexity index is 1640. The number of aromatic nitrogens is 3. The Kier molecular flexibility index (Phi) is 5.75. The highest BCUT2D eigenvalue weighted by Crippen LogP contribution is 2.57. The molecule has 0 aliphatic carbocycles. The average molecular weight is 550 g/mol. The number of rotatable bonds is 6. The molecule has 1 saturated heterocycles. The maximum atomic E-state index is 11.8. The average Bonchev–Trinajstić information content (AvgIpc) is 3.34. The lowest BCUT2D eigenvalue weighted by Gasteiger charge is -2.18. The minimum absolute atomic E-state index is 0.404.